The number of rotatable bonds is 7. The summed E-state index contributed by atoms with van der Waals surface area (Å²) < 4.78 is 11.2. The number of nitrogens with zero attached hydrogens (tertiary/aromatic N) is 2. The lowest BCUT2D eigenvalue weighted by molar-refractivity contribution is -0.142. The number of aromatic nitrogens is 1. The maximum Gasteiger partial charge on any atom is 0.243 e. The highest BCUT2D eigenvalue weighted by Gasteiger charge is 2.67. The number of anilines is 1. The fourth-order valence-corrected chi connectivity index (χ4v) is 5.80. The molecule has 2 saturated heterocycles. The predicted octanol–water partition coefficient (Wildman–Crippen LogP) is 1.93. The van der Waals surface area contributed by atoms with Crippen molar-refractivity contribution in [2.45, 2.75) is 76.2 Å². The van der Waals surface area contributed by atoms with Gasteiger partial charge in [-0.25, -0.2) is 0 Å². The Labute approximate surface area is 186 Å². The molecule has 9 nitrogen and oxygen atoms in total. The van der Waals surface area contributed by atoms with Crippen molar-refractivity contribution < 1.29 is 23.6 Å². The zero-order valence-corrected chi connectivity index (χ0v) is 18.5. The van der Waals surface area contributed by atoms with Gasteiger partial charge in [0.05, 0.1) is 24.5 Å². The molecule has 2 N–H and O–H groups in total. The molecule has 1 saturated carbocycles. The van der Waals surface area contributed by atoms with Crippen LogP contribution in [0.3, 0.4) is 0 Å². The van der Waals surface area contributed by atoms with Gasteiger partial charge in [0.25, 0.3) is 0 Å². The van der Waals surface area contributed by atoms with Crippen LogP contribution in [0.4, 0.5) is 5.82 Å². The fourth-order valence-electron chi connectivity index (χ4n) is 5.80. The molecule has 172 valence electrons. The zero-order valence-electron chi connectivity index (χ0n) is 18.5. The van der Waals surface area contributed by atoms with Crippen LogP contribution >= 0.6 is 0 Å². The Bertz CT molecular complexity index is 952. The number of likely N-dealkylation sites (tertiary alicyclic amines) is 1. The van der Waals surface area contributed by atoms with Gasteiger partial charge in [0, 0.05) is 12.1 Å². The van der Waals surface area contributed by atoms with Crippen LogP contribution in [-0.2, 0) is 19.1 Å². The average molecular weight is 443 g/mol. The maximum atomic E-state index is 13.6. The number of hydrogen-bond donors (Lipinski definition) is 2. The van der Waals surface area contributed by atoms with Gasteiger partial charge >= 0.3 is 0 Å². The quantitative estimate of drug-likeness (QED) is 0.624. The van der Waals surface area contributed by atoms with Crippen molar-refractivity contribution in [2.24, 2.45) is 11.8 Å². The Kier molecular flexibility index (Phi) is 5.31. The van der Waals surface area contributed by atoms with E-state index in [0.717, 1.165) is 32.1 Å². The van der Waals surface area contributed by atoms with Crippen molar-refractivity contribution in [3.05, 3.63) is 24.0 Å². The Morgan fingerprint density at radius 1 is 1.34 bits per heavy atom. The number of aryl methyl sites for hydroxylation is 1. The van der Waals surface area contributed by atoms with Crippen LogP contribution in [0.5, 0.6) is 0 Å². The molecule has 1 aliphatic carbocycles. The van der Waals surface area contributed by atoms with E-state index in [1.54, 1.807) is 17.9 Å². The Morgan fingerprint density at radius 2 is 2.12 bits per heavy atom. The first kappa shape index (κ1) is 21.2. The van der Waals surface area contributed by atoms with Crippen LogP contribution in [0.2, 0.25) is 0 Å². The molecule has 3 amide bonds. The van der Waals surface area contributed by atoms with E-state index in [0.29, 0.717) is 24.5 Å². The van der Waals surface area contributed by atoms with Crippen molar-refractivity contribution in [1.29, 1.82) is 0 Å². The number of hydrogen-bond acceptors (Lipinski definition) is 6. The van der Waals surface area contributed by atoms with Gasteiger partial charge in [-0.1, -0.05) is 43.5 Å². The summed E-state index contributed by atoms with van der Waals surface area (Å²) >= 11 is 0. The summed E-state index contributed by atoms with van der Waals surface area (Å²) in [5, 5.41) is 9.72. The topological polar surface area (TPSA) is 114 Å². The first-order valence-electron chi connectivity index (χ1n) is 11.6. The highest BCUT2D eigenvalue weighted by molar-refractivity contribution is 6.00. The highest BCUT2D eigenvalue weighted by Crippen LogP contribution is 2.52. The van der Waals surface area contributed by atoms with E-state index >= 15 is 0 Å². The monoisotopic (exact) mass is 442 g/mol. The molecule has 0 aromatic carbocycles. The van der Waals surface area contributed by atoms with Crippen molar-refractivity contribution in [3.63, 3.8) is 0 Å². The minimum absolute atomic E-state index is 0.0962. The van der Waals surface area contributed by atoms with Crippen molar-refractivity contribution >= 4 is 23.5 Å². The highest BCUT2D eigenvalue weighted by atomic mass is 16.5. The molecule has 5 rings (SSSR count). The SMILES string of the molecule is CCC[C@@H](C(=O)NC1CCCC1)N1C[C@]23C=C[C@@H](O2)[C@H](C(=O)Nc2cc(C)on2)[C@@H]3C1=O. The molecule has 2 bridgehead atoms. The molecule has 3 fully saturated rings. The molecule has 3 aliphatic heterocycles. The zero-order chi connectivity index (χ0) is 22.5. The molecule has 4 heterocycles. The van der Waals surface area contributed by atoms with Gasteiger partial charge < -0.3 is 24.8 Å². The third-order valence-corrected chi connectivity index (χ3v) is 7.25. The van der Waals surface area contributed by atoms with E-state index in [4.69, 9.17) is 9.26 Å². The average Bonchev–Trinajstić information content (AvgIpc) is 3.56. The van der Waals surface area contributed by atoms with E-state index in [2.05, 4.69) is 15.8 Å². The molecule has 1 aromatic rings. The number of ether oxygens (including phenoxy) is 1. The lowest BCUT2D eigenvalue weighted by Gasteiger charge is -2.30. The van der Waals surface area contributed by atoms with E-state index in [9.17, 15) is 14.4 Å². The molecule has 4 aliphatic rings. The minimum atomic E-state index is -0.858. The van der Waals surface area contributed by atoms with E-state index in [1.165, 1.54) is 0 Å². The van der Waals surface area contributed by atoms with Gasteiger partial charge in [0.15, 0.2) is 5.82 Å². The number of carbonyl (C=O) groups is 3. The molecule has 32 heavy (non-hydrogen) atoms. The second-order valence-electron chi connectivity index (χ2n) is 9.47. The van der Waals surface area contributed by atoms with Gasteiger partial charge in [-0.15, -0.1) is 0 Å². The minimum Gasteiger partial charge on any atom is -0.360 e. The number of carbonyl (C=O) groups excluding carboxylic acids is 3. The Balaban J connectivity index is 1.36. The fraction of sp³-hybridized carbons (Fsp3) is 0.652. The molecule has 5 atom stereocenters. The van der Waals surface area contributed by atoms with Crippen LogP contribution in [0, 0.1) is 18.8 Å². The van der Waals surface area contributed by atoms with Crippen molar-refractivity contribution in [3.8, 4) is 0 Å². The standard InChI is InChI=1S/C23H30N4O5/c1-3-6-15(20(28)24-14-7-4-5-8-14)27-12-23-10-9-16(31-23)18(19(23)22(27)30)21(29)25-17-11-13(2)32-26-17/h9-11,14-16,18-19H,3-8,12H2,1-2H3,(H,24,28)(H,25,26,29)/t15-,16+,18-,19+,23-/m0/s1. The van der Waals surface area contributed by atoms with Gasteiger partial charge in [-0.05, 0) is 26.2 Å². The van der Waals surface area contributed by atoms with Gasteiger partial charge in [0.2, 0.25) is 17.7 Å². The predicted molar refractivity (Wildman–Crippen MR) is 114 cm³/mol. The van der Waals surface area contributed by atoms with Crippen molar-refractivity contribution in [2.75, 3.05) is 11.9 Å². The first-order chi connectivity index (χ1) is 15.4. The second kappa shape index (κ2) is 8.03. The summed E-state index contributed by atoms with van der Waals surface area (Å²) in [6.45, 7) is 4.04. The van der Waals surface area contributed by atoms with Crippen LogP contribution in [0.25, 0.3) is 0 Å². The molecular weight excluding hydrogens is 412 g/mol. The molecule has 1 spiro atoms. The third-order valence-electron chi connectivity index (χ3n) is 7.25. The number of fused-ring (bicyclic) bond motifs is 1. The van der Waals surface area contributed by atoms with Gasteiger partial charge in [-0.3, -0.25) is 14.4 Å². The van der Waals surface area contributed by atoms with E-state index < -0.39 is 29.6 Å². The largest absolute Gasteiger partial charge is 0.360 e. The summed E-state index contributed by atoms with van der Waals surface area (Å²) in [5.74, 6) is -1.03. The molecule has 1 aromatic heterocycles. The molecule has 0 unspecified atom stereocenters. The lowest BCUT2D eigenvalue weighted by Crippen LogP contribution is -2.51. The van der Waals surface area contributed by atoms with Crippen molar-refractivity contribution in [1.82, 2.24) is 15.4 Å². The Hall–Kier alpha value is -2.68. The summed E-state index contributed by atoms with van der Waals surface area (Å²) in [4.78, 5) is 41.5. The van der Waals surface area contributed by atoms with E-state index in [-0.39, 0.29) is 23.8 Å². The van der Waals surface area contributed by atoms with Crippen LogP contribution < -0.4 is 10.6 Å². The molecule has 9 heteroatoms. The second-order valence-corrected chi connectivity index (χ2v) is 9.47. The normalized spacial score (nSPS) is 31.9. The molecular formula is C23H30N4O5. The summed E-state index contributed by atoms with van der Waals surface area (Å²) in [7, 11) is 0. The molecule has 0 radical (unpaired) electrons. The maximum absolute atomic E-state index is 13.6. The summed E-state index contributed by atoms with van der Waals surface area (Å²) in [5.41, 5.74) is -0.858. The first-order valence-corrected chi connectivity index (χ1v) is 11.6. The lowest BCUT2D eigenvalue weighted by atomic mass is 9.77. The number of amides is 3. The smallest absolute Gasteiger partial charge is 0.243 e. The van der Waals surface area contributed by atoms with E-state index in [1.807, 2.05) is 19.1 Å². The Morgan fingerprint density at radius 3 is 2.81 bits per heavy atom. The van der Waals surface area contributed by atoms with Gasteiger partial charge in [0.1, 0.15) is 17.4 Å². The van der Waals surface area contributed by atoms with Crippen LogP contribution in [-0.4, -0.2) is 58.1 Å². The third kappa shape index (κ3) is 3.43. The van der Waals surface area contributed by atoms with Crippen LogP contribution in [0.1, 0.15) is 51.2 Å². The summed E-state index contributed by atoms with van der Waals surface area (Å²) in [6.07, 6.45) is 8.88. The number of nitrogens with one attached hydrogen (secondary N) is 2. The van der Waals surface area contributed by atoms with Crippen LogP contribution in [0.15, 0.2) is 22.7 Å². The summed E-state index contributed by atoms with van der Waals surface area (Å²) in [6, 6.07) is 1.27. The van der Waals surface area contributed by atoms with Gasteiger partial charge in [-0.2, -0.15) is 0 Å².